The van der Waals surface area contributed by atoms with E-state index in [-0.39, 0.29) is 11.7 Å². The highest BCUT2D eigenvalue weighted by atomic mass is 79.9. The van der Waals surface area contributed by atoms with E-state index in [0.29, 0.717) is 16.3 Å². The SMILES string of the molecule is O=C(Nc1cccc(O)c1)c1ccc(Br)c(Cl)c1. The smallest absolute Gasteiger partial charge is 0.255 e. The van der Waals surface area contributed by atoms with Crippen LogP contribution in [0.2, 0.25) is 5.02 Å². The lowest BCUT2D eigenvalue weighted by Gasteiger charge is -2.06. The Hall–Kier alpha value is -1.52. The Balaban J connectivity index is 2.19. The van der Waals surface area contributed by atoms with E-state index >= 15 is 0 Å². The number of rotatable bonds is 2. The van der Waals surface area contributed by atoms with Crippen LogP contribution in [0.1, 0.15) is 10.4 Å². The van der Waals surface area contributed by atoms with Gasteiger partial charge in [-0.1, -0.05) is 17.7 Å². The molecule has 2 aromatic carbocycles. The fraction of sp³-hybridized carbons (Fsp3) is 0. The molecule has 0 aliphatic heterocycles. The molecule has 2 aromatic rings. The topological polar surface area (TPSA) is 49.3 Å². The van der Waals surface area contributed by atoms with Gasteiger partial charge in [0.05, 0.1) is 5.02 Å². The molecule has 0 radical (unpaired) electrons. The lowest BCUT2D eigenvalue weighted by atomic mass is 10.2. The molecule has 92 valence electrons. The molecule has 3 nitrogen and oxygen atoms in total. The van der Waals surface area contributed by atoms with E-state index in [1.54, 1.807) is 30.3 Å². The van der Waals surface area contributed by atoms with Crippen molar-refractivity contribution < 1.29 is 9.90 Å². The third-order valence-electron chi connectivity index (χ3n) is 2.29. The van der Waals surface area contributed by atoms with E-state index in [4.69, 9.17) is 11.6 Å². The van der Waals surface area contributed by atoms with Gasteiger partial charge < -0.3 is 10.4 Å². The molecule has 1 amide bonds. The summed E-state index contributed by atoms with van der Waals surface area (Å²) in [5, 5.41) is 12.4. The quantitative estimate of drug-likeness (QED) is 0.874. The largest absolute Gasteiger partial charge is 0.508 e. The van der Waals surface area contributed by atoms with Crippen molar-refractivity contribution in [1.29, 1.82) is 0 Å². The second-order valence-corrected chi connectivity index (χ2v) is 4.89. The van der Waals surface area contributed by atoms with Crippen molar-refractivity contribution in [2.75, 3.05) is 5.32 Å². The molecule has 0 aromatic heterocycles. The predicted molar refractivity (Wildman–Crippen MR) is 75.2 cm³/mol. The molecule has 5 heteroatoms. The third-order valence-corrected chi connectivity index (χ3v) is 3.52. The predicted octanol–water partition coefficient (Wildman–Crippen LogP) is 4.06. The van der Waals surface area contributed by atoms with E-state index in [2.05, 4.69) is 21.2 Å². The first-order valence-corrected chi connectivity index (χ1v) is 6.29. The van der Waals surface area contributed by atoms with E-state index < -0.39 is 0 Å². The Morgan fingerprint density at radius 2 is 2.00 bits per heavy atom. The molecule has 0 aliphatic carbocycles. The van der Waals surface area contributed by atoms with Crippen LogP contribution in [0.15, 0.2) is 46.9 Å². The minimum Gasteiger partial charge on any atom is -0.508 e. The van der Waals surface area contributed by atoms with Crippen LogP contribution in [-0.4, -0.2) is 11.0 Å². The first-order valence-electron chi connectivity index (χ1n) is 5.12. The molecule has 0 heterocycles. The summed E-state index contributed by atoms with van der Waals surface area (Å²) in [7, 11) is 0. The van der Waals surface area contributed by atoms with Crippen LogP contribution >= 0.6 is 27.5 Å². The Labute approximate surface area is 118 Å². The molecule has 0 saturated carbocycles. The zero-order chi connectivity index (χ0) is 13.1. The second kappa shape index (κ2) is 5.42. The summed E-state index contributed by atoms with van der Waals surface area (Å²) in [4.78, 5) is 11.9. The van der Waals surface area contributed by atoms with Crippen LogP contribution in [0.25, 0.3) is 0 Å². The molecule has 0 atom stereocenters. The molecule has 0 aliphatic rings. The number of nitrogens with one attached hydrogen (secondary N) is 1. The molecule has 2 rings (SSSR count). The monoisotopic (exact) mass is 325 g/mol. The zero-order valence-electron chi connectivity index (χ0n) is 9.15. The highest BCUT2D eigenvalue weighted by molar-refractivity contribution is 9.10. The molecule has 0 saturated heterocycles. The molecular weight excluding hydrogens is 318 g/mol. The van der Waals surface area contributed by atoms with Gasteiger partial charge in [0.15, 0.2) is 0 Å². The lowest BCUT2D eigenvalue weighted by Crippen LogP contribution is -2.11. The molecular formula is C13H9BrClNO2. The summed E-state index contributed by atoms with van der Waals surface area (Å²) >= 11 is 9.18. The van der Waals surface area contributed by atoms with Crippen LogP contribution < -0.4 is 5.32 Å². The van der Waals surface area contributed by atoms with Crippen LogP contribution in [0.5, 0.6) is 5.75 Å². The first kappa shape index (κ1) is 12.9. The number of phenols is 1. The summed E-state index contributed by atoms with van der Waals surface area (Å²) in [6.07, 6.45) is 0. The van der Waals surface area contributed by atoms with E-state index in [1.807, 2.05) is 0 Å². The Kier molecular flexibility index (Phi) is 3.89. The Morgan fingerprint density at radius 1 is 1.22 bits per heavy atom. The fourth-order valence-corrected chi connectivity index (χ4v) is 1.85. The van der Waals surface area contributed by atoms with Crippen LogP contribution in [-0.2, 0) is 0 Å². The summed E-state index contributed by atoms with van der Waals surface area (Å²) in [5.74, 6) is -0.184. The number of amides is 1. The fourth-order valence-electron chi connectivity index (χ4n) is 1.42. The van der Waals surface area contributed by atoms with Crippen molar-refractivity contribution >= 4 is 39.1 Å². The maximum Gasteiger partial charge on any atom is 0.255 e. The Morgan fingerprint density at radius 3 is 2.67 bits per heavy atom. The van der Waals surface area contributed by atoms with Crippen molar-refractivity contribution in [2.24, 2.45) is 0 Å². The average molecular weight is 327 g/mol. The third kappa shape index (κ3) is 3.03. The van der Waals surface area contributed by atoms with Crippen molar-refractivity contribution in [1.82, 2.24) is 0 Å². The molecule has 2 N–H and O–H groups in total. The average Bonchev–Trinajstić information content (AvgIpc) is 2.32. The first-order chi connectivity index (χ1) is 8.56. The number of halogens is 2. The Bertz CT molecular complexity index is 601. The number of anilines is 1. The van der Waals surface area contributed by atoms with Gasteiger partial charge >= 0.3 is 0 Å². The number of aromatic hydroxyl groups is 1. The van der Waals surface area contributed by atoms with Gasteiger partial charge in [-0.3, -0.25) is 4.79 Å². The molecule has 0 unspecified atom stereocenters. The standard InChI is InChI=1S/C13H9BrClNO2/c14-11-5-4-8(6-12(11)15)13(18)16-9-2-1-3-10(17)7-9/h1-7,17H,(H,16,18). The maximum absolute atomic E-state index is 11.9. The number of carbonyl (C=O) groups is 1. The molecule has 0 fully saturated rings. The van der Waals surface area contributed by atoms with Gasteiger partial charge in [0.1, 0.15) is 5.75 Å². The highest BCUT2D eigenvalue weighted by Gasteiger charge is 2.08. The molecule has 18 heavy (non-hydrogen) atoms. The van der Waals surface area contributed by atoms with E-state index in [9.17, 15) is 9.90 Å². The van der Waals surface area contributed by atoms with Crippen LogP contribution in [0.4, 0.5) is 5.69 Å². The van der Waals surface area contributed by atoms with Gasteiger partial charge in [0, 0.05) is 21.8 Å². The number of hydrogen-bond donors (Lipinski definition) is 2. The molecule has 0 spiro atoms. The number of carbonyl (C=O) groups excluding carboxylic acids is 1. The summed E-state index contributed by atoms with van der Waals surface area (Å²) in [6, 6.07) is 11.3. The van der Waals surface area contributed by atoms with Gasteiger partial charge in [-0.05, 0) is 46.3 Å². The van der Waals surface area contributed by atoms with Crippen molar-refractivity contribution in [3.8, 4) is 5.75 Å². The number of phenolic OH excluding ortho intramolecular Hbond substituents is 1. The van der Waals surface area contributed by atoms with Crippen LogP contribution in [0.3, 0.4) is 0 Å². The molecule has 0 bridgehead atoms. The minimum atomic E-state index is -0.282. The summed E-state index contributed by atoms with van der Waals surface area (Å²) in [5.41, 5.74) is 0.977. The summed E-state index contributed by atoms with van der Waals surface area (Å²) in [6.45, 7) is 0. The zero-order valence-corrected chi connectivity index (χ0v) is 11.5. The number of benzene rings is 2. The van der Waals surface area contributed by atoms with E-state index in [0.717, 1.165) is 4.47 Å². The van der Waals surface area contributed by atoms with Crippen molar-refractivity contribution in [2.45, 2.75) is 0 Å². The second-order valence-electron chi connectivity index (χ2n) is 3.63. The van der Waals surface area contributed by atoms with Gasteiger partial charge in [-0.2, -0.15) is 0 Å². The van der Waals surface area contributed by atoms with Gasteiger partial charge in [-0.25, -0.2) is 0 Å². The lowest BCUT2D eigenvalue weighted by molar-refractivity contribution is 0.102. The summed E-state index contributed by atoms with van der Waals surface area (Å²) < 4.78 is 0.734. The van der Waals surface area contributed by atoms with E-state index in [1.165, 1.54) is 12.1 Å². The van der Waals surface area contributed by atoms with Crippen LogP contribution in [0, 0.1) is 0 Å². The van der Waals surface area contributed by atoms with Gasteiger partial charge in [-0.15, -0.1) is 0 Å². The van der Waals surface area contributed by atoms with Crippen molar-refractivity contribution in [3.63, 3.8) is 0 Å². The minimum absolute atomic E-state index is 0.0987. The maximum atomic E-state index is 11.9. The highest BCUT2D eigenvalue weighted by Crippen LogP contribution is 2.24. The van der Waals surface area contributed by atoms with Gasteiger partial charge in [0.2, 0.25) is 0 Å². The van der Waals surface area contributed by atoms with Crippen molar-refractivity contribution in [3.05, 3.63) is 57.5 Å². The number of hydrogen-bond acceptors (Lipinski definition) is 2. The normalized spacial score (nSPS) is 10.1. The van der Waals surface area contributed by atoms with Gasteiger partial charge in [0.25, 0.3) is 5.91 Å².